The van der Waals surface area contributed by atoms with Gasteiger partial charge in [-0.1, -0.05) is 19.1 Å². The number of nitrogens with zero attached hydrogens (tertiary/aromatic N) is 3. The summed E-state index contributed by atoms with van der Waals surface area (Å²) >= 11 is 0. The minimum Gasteiger partial charge on any atom is -0.486 e. The van der Waals surface area contributed by atoms with E-state index in [0.29, 0.717) is 12.2 Å². The molecule has 0 radical (unpaired) electrons. The van der Waals surface area contributed by atoms with Crippen molar-refractivity contribution >= 4 is 0 Å². The number of ether oxygens (including phenoxy) is 1. The first-order valence-corrected chi connectivity index (χ1v) is 5.96. The topological polar surface area (TPSA) is 50.8 Å². The van der Waals surface area contributed by atoms with Gasteiger partial charge < -0.3 is 4.74 Å². The van der Waals surface area contributed by atoms with E-state index in [0.717, 1.165) is 24.3 Å². The van der Waals surface area contributed by atoms with Crippen LogP contribution in [0.2, 0.25) is 0 Å². The summed E-state index contributed by atoms with van der Waals surface area (Å²) < 4.78 is 7.50. The van der Waals surface area contributed by atoms with Gasteiger partial charge in [-0.2, -0.15) is 10.4 Å². The first-order chi connectivity index (χ1) is 8.81. The molecule has 0 bridgehead atoms. The van der Waals surface area contributed by atoms with E-state index in [1.165, 1.54) is 0 Å². The van der Waals surface area contributed by atoms with Crippen molar-refractivity contribution in [2.24, 2.45) is 0 Å². The van der Waals surface area contributed by atoms with Crippen molar-refractivity contribution < 1.29 is 4.74 Å². The lowest BCUT2D eigenvalue weighted by Gasteiger charge is -2.03. The van der Waals surface area contributed by atoms with Gasteiger partial charge in [0, 0.05) is 6.54 Å². The van der Waals surface area contributed by atoms with Crippen molar-refractivity contribution in [2.45, 2.75) is 26.5 Å². The summed E-state index contributed by atoms with van der Waals surface area (Å²) in [6.07, 6.45) is 4.67. The first-order valence-electron chi connectivity index (χ1n) is 5.96. The minimum absolute atomic E-state index is 0.490. The Morgan fingerprint density at radius 1 is 1.33 bits per heavy atom. The SMILES string of the molecule is CCCn1cc(OCc2ccc(C#N)cc2)cn1. The highest BCUT2D eigenvalue weighted by Gasteiger charge is 2.00. The average molecular weight is 241 g/mol. The number of aromatic nitrogens is 2. The number of hydrogen-bond acceptors (Lipinski definition) is 3. The molecule has 0 saturated carbocycles. The molecule has 0 N–H and O–H groups in total. The van der Waals surface area contributed by atoms with E-state index < -0.39 is 0 Å². The molecule has 0 aliphatic rings. The molecule has 0 atom stereocenters. The van der Waals surface area contributed by atoms with Crippen molar-refractivity contribution in [1.82, 2.24) is 9.78 Å². The second-order valence-electron chi connectivity index (χ2n) is 4.04. The van der Waals surface area contributed by atoms with Crippen LogP contribution in [-0.4, -0.2) is 9.78 Å². The summed E-state index contributed by atoms with van der Waals surface area (Å²) in [4.78, 5) is 0. The quantitative estimate of drug-likeness (QED) is 0.808. The molecule has 2 aromatic rings. The number of rotatable bonds is 5. The summed E-state index contributed by atoms with van der Waals surface area (Å²) in [7, 11) is 0. The zero-order chi connectivity index (χ0) is 12.8. The Hall–Kier alpha value is -2.28. The summed E-state index contributed by atoms with van der Waals surface area (Å²) in [6.45, 7) is 3.50. The van der Waals surface area contributed by atoms with Crippen molar-refractivity contribution in [3.63, 3.8) is 0 Å². The second kappa shape index (κ2) is 5.87. The van der Waals surface area contributed by atoms with Crippen LogP contribution < -0.4 is 4.74 Å². The van der Waals surface area contributed by atoms with Gasteiger partial charge in [0.15, 0.2) is 5.75 Å². The third kappa shape index (κ3) is 3.11. The Morgan fingerprint density at radius 2 is 2.11 bits per heavy atom. The van der Waals surface area contributed by atoms with E-state index in [1.54, 1.807) is 18.3 Å². The van der Waals surface area contributed by atoms with Crippen LogP contribution in [0, 0.1) is 11.3 Å². The highest BCUT2D eigenvalue weighted by atomic mass is 16.5. The smallest absolute Gasteiger partial charge is 0.157 e. The zero-order valence-corrected chi connectivity index (χ0v) is 10.3. The predicted octanol–water partition coefficient (Wildman–Crippen LogP) is 2.74. The van der Waals surface area contributed by atoms with Crippen LogP contribution in [0.4, 0.5) is 0 Å². The van der Waals surface area contributed by atoms with Gasteiger partial charge >= 0.3 is 0 Å². The van der Waals surface area contributed by atoms with Crippen LogP contribution in [-0.2, 0) is 13.2 Å². The number of nitriles is 1. The monoisotopic (exact) mass is 241 g/mol. The molecule has 0 amide bonds. The van der Waals surface area contributed by atoms with E-state index in [2.05, 4.69) is 18.1 Å². The Morgan fingerprint density at radius 3 is 2.78 bits per heavy atom. The number of hydrogen-bond donors (Lipinski definition) is 0. The molecule has 2 rings (SSSR count). The van der Waals surface area contributed by atoms with E-state index >= 15 is 0 Å². The standard InChI is InChI=1S/C14H15N3O/c1-2-7-17-10-14(9-16-17)18-11-13-5-3-12(8-15)4-6-13/h3-6,9-10H,2,7,11H2,1H3. The normalized spacial score (nSPS) is 10.0. The van der Waals surface area contributed by atoms with Crippen molar-refractivity contribution in [1.29, 1.82) is 5.26 Å². The summed E-state index contributed by atoms with van der Waals surface area (Å²) in [5, 5.41) is 12.9. The fourth-order valence-corrected chi connectivity index (χ4v) is 1.61. The number of benzene rings is 1. The predicted molar refractivity (Wildman–Crippen MR) is 68.0 cm³/mol. The Kier molecular flexibility index (Phi) is 3.98. The van der Waals surface area contributed by atoms with Crippen LogP contribution in [0.1, 0.15) is 24.5 Å². The van der Waals surface area contributed by atoms with E-state index in [1.807, 2.05) is 23.0 Å². The molecule has 4 nitrogen and oxygen atoms in total. The fourth-order valence-electron chi connectivity index (χ4n) is 1.61. The highest BCUT2D eigenvalue weighted by molar-refractivity contribution is 5.31. The van der Waals surface area contributed by atoms with Crippen LogP contribution in [0.25, 0.3) is 0 Å². The van der Waals surface area contributed by atoms with Crippen molar-refractivity contribution in [3.8, 4) is 11.8 Å². The molecule has 18 heavy (non-hydrogen) atoms. The molecular weight excluding hydrogens is 226 g/mol. The Labute approximate surface area is 106 Å². The lowest BCUT2D eigenvalue weighted by Crippen LogP contribution is -1.96. The van der Waals surface area contributed by atoms with Crippen LogP contribution in [0.5, 0.6) is 5.75 Å². The fraction of sp³-hybridized carbons (Fsp3) is 0.286. The zero-order valence-electron chi connectivity index (χ0n) is 10.3. The van der Waals surface area contributed by atoms with Crippen molar-refractivity contribution in [3.05, 3.63) is 47.8 Å². The first kappa shape index (κ1) is 12.2. The van der Waals surface area contributed by atoms with Gasteiger partial charge in [0.1, 0.15) is 6.61 Å². The van der Waals surface area contributed by atoms with Gasteiger partial charge in [0.05, 0.1) is 24.0 Å². The molecule has 1 heterocycles. The summed E-state index contributed by atoms with van der Waals surface area (Å²) in [5.74, 6) is 0.771. The third-order valence-corrected chi connectivity index (χ3v) is 2.55. The van der Waals surface area contributed by atoms with Gasteiger partial charge in [-0.25, -0.2) is 0 Å². The maximum atomic E-state index is 8.70. The highest BCUT2D eigenvalue weighted by Crippen LogP contribution is 2.12. The molecule has 0 saturated heterocycles. The Bertz CT molecular complexity index is 537. The molecule has 0 aliphatic carbocycles. The Balaban J connectivity index is 1.91. The molecule has 0 spiro atoms. The molecular formula is C14H15N3O. The van der Waals surface area contributed by atoms with E-state index in [-0.39, 0.29) is 0 Å². The second-order valence-corrected chi connectivity index (χ2v) is 4.04. The van der Waals surface area contributed by atoms with Gasteiger partial charge in [-0.05, 0) is 24.1 Å². The third-order valence-electron chi connectivity index (χ3n) is 2.55. The van der Waals surface area contributed by atoms with E-state index in [4.69, 9.17) is 10.00 Å². The van der Waals surface area contributed by atoms with Crippen LogP contribution in [0.15, 0.2) is 36.7 Å². The maximum Gasteiger partial charge on any atom is 0.157 e. The van der Waals surface area contributed by atoms with E-state index in [9.17, 15) is 0 Å². The van der Waals surface area contributed by atoms with Gasteiger partial charge in [0.2, 0.25) is 0 Å². The average Bonchev–Trinajstić information content (AvgIpc) is 2.85. The molecule has 1 aromatic carbocycles. The molecule has 92 valence electrons. The molecule has 0 fully saturated rings. The maximum absolute atomic E-state index is 8.70. The molecule has 4 heteroatoms. The van der Waals surface area contributed by atoms with Crippen LogP contribution >= 0.6 is 0 Å². The molecule has 1 aromatic heterocycles. The molecule has 0 aliphatic heterocycles. The van der Waals surface area contributed by atoms with Gasteiger partial charge in [-0.3, -0.25) is 4.68 Å². The summed E-state index contributed by atoms with van der Waals surface area (Å²) in [5.41, 5.74) is 1.70. The van der Waals surface area contributed by atoms with Gasteiger partial charge in [-0.15, -0.1) is 0 Å². The largest absolute Gasteiger partial charge is 0.486 e. The summed E-state index contributed by atoms with van der Waals surface area (Å²) in [6, 6.07) is 9.47. The van der Waals surface area contributed by atoms with Gasteiger partial charge in [0.25, 0.3) is 0 Å². The van der Waals surface area contributed by atoms with Crippen LogP contribution in [0.3, 0.4) is 0 Å². The molecule has 0 unspecified atom stereocenters. The lowest BCUT2D eigenvalue weighted by atomic mass is 10.2. The minimum atomic E-state index is 0.490. The van der Waals surface area contributed by atoms with Crippen molar-refractivity contribution in [2.75, 3.05) is 0 Å². The lowest BCUT2D eigenvalue weighted by molar-refractivity contribution is 0.305. The number of aryl methyl sites for hydroxylation is 1.